The fraction of sp³-hybridized carbons (Fsp3) is 0.0455. The maximum absolute atomic E-state index is 13.0. The van der Waals surface area contributed by atoms with Gasteiger partial charge in [-0.25, -0.2) is 4.39 Å². The minimum Gasteiger partial charge on any atom is -0.507 e. The van der Waals surface area contributed by atoms with Crippen LogP contribution >= 0.6 is 11.8 Å². The summed E-state index contributed by atoms with van der Waals surface area (Å²) in [7, 11) is 0. The first-order valence-electron chi connectivity index (χ1n) is 8.98. The lowest BCUT2D eigenvalue weighted by molar-refractivity contribution is -0.122. The number of amidine groups is 1. The third kappa shape index (κ3) is 4.49. The van der Waals surface area contributed by atoms with E-state index in [4.69, 9.17) is 4.42 Å². The van der Waals surface area contributed by atoms with E-state index >= 15 is 0 Å². The number of thioether (sulfide) groups is 1. The van der Waals surface area contributed by atoms with E-state index in [0.29, 0.717) is 27.0 Å². The van der Waals surface area contributed by atoms with Gasteiger partial charge in [0.2, 0.25) is 0 Å². The van der Waals surface area contributed by atoms with Crippen LogP contribution in [0.4, 0.5) is 4.39 Å². The van der Waals surface area contributed by atoms with Crippen molar-refractivity contribution in [3.63, 3.8) is 0 Å². The molecule has 1 amide bonds. The van der Waals surface area contributed by atoms with Crippen LogP contribution in [-0.4, -0.2) is 27.3 Å². The Morgan fingerprint density at radius 3 is 2.63 bits per heavy atom. The highest BCUT2D eigenvalue weighted by Crippen LogP contribution is 2.35. The van der Waals surface area contributed by atoms with E-state index in [1.54, 1.807) is 54.6 Å². The summed E-state index contributed by atoms with van der Waals surface area (Å²) in [6.07, 6.45) is 4.63. The van der Waals surface area contributed by atoms with Crippen molar-refractivity contribution in [1.82, 2.24) is 4.90 Å². The molecule has 0 bridgehead atoms. The van der Waals surface area contributed by atoms with E-state index in [0.717, 1.165) is 11.8 Å². The molecule has 6 nitrogen and oxygen atoms in total. The summed E-state index contributed by atoms with van der Waals surface area (Å²) in [5, 5.41) is 18.6. The molecule has 1 aromatic heterocycles. The number of furan rings is 1. The lowest BCUT2D eigenvalue weighted by Gasteiger charge is -2.12. The second-order valence-electron chi connectivity index (χ2n) is 6.32. The molecule has 1 fully saturated rings. The molecule has 2 aromatic carbocycles. The van der Waals surface area contributed by atoms with Crippen molar-refractivity contribution in [1.29, 1.82) is 0 Å². The number of rotatable bonds is 5. The van der Waals surface area contributed by atoms with Gasteiger partial charge in [0.05, 0.1) is 23.9 Å². The van der Waals surface area contributed by atoms with E-state index in [1.807, 2.05) is 0 Å². The Hall–Kier alpha value is -3.65. The van der Waals surface area contributed by atoms with Gasteiger partial charge in [-0.05, 0) is 53.7 Å². The summed E-state index contributed by atoms with van der Waals surface area (Å²) < 4.78 is 18.4. The van der Waals surface area contributed by atoms with Crippen molar-refractivity contribution in [2.45, 2.75) is 6.54 Å². The molecule has 0 atom stereocenters. The lowest BCUT2D eigenvalue weighted by Crippen LogP contribution is -2.28. The SMILES string of the molecule is O=C1/C(=C/c2ccccc2O)S/C(=N/N=C\c2ccc(F)cc2)N1Cc1ccco1. The van der Waals surface area contributed by atoms with Crippen LogP contribution in [0, 0.1) is 5.82 Å². The first kappa shape index (κ1) is 19.7. The summed E-state index contributed by atoms with van der Waals surface area (Å²) in [6.45, 7) is 0.196. The number of phenols is 1. The molecule has 8 heteroatoms. The van der Waals surface area contributed by atoms with E-state index in [2.05, 4.69) is 10.2 Å². The molecule has 1 N–H and O–H groups in total. The largest absolute Gasteiger partial charge is 0.507 e. The Labute approximate surface area is 176 Å². The van der Waals surface area contributed by atoms with Gasteiger partial charge >= 0.3 is 0 Å². The highest BCUT2D eigenvalue weighted by atomic mass is 32.2. The summed E-state index contributed by atoms with van der Waals surface area (Å²) in [6, 6.07) is 16.1. The molecular weight excluding hydrogens is 405 g/mol. The Morgan fingerprint density at radius 1 is 1.10 bits per heavy atom. The normalized spacial score (nSPS) is 17.0. The number of nitrogens with zero attached hydrogens (tertiary/aromatic N) is 3. The van der Waals surface area contributed by atoms with E-state index in [-0.39, 0.29) is 24.0 Å². The molecule has 150 valence electrons. The highest BCUT2D eigenvalue weighted by molar-refractivity contribution is 8.18. The first-order valence-corrected chi connectivity index (χ1v) is 9.80. The monoisotopic (exact) mass is 421 g/mol. The van der Waals surface area contributed by atoms with Crippen LogP contribution in [0.25, 0.3) is 6.08 Å². The highest BCUT2D eigenvalue weighted by Gasteiger charge is 2.34. The van der Waals surface area contributed by atoms with E-state index in [1.165, 1.54) is 29.5 Å². The fourth-order valence-corrected chi connectivity index (χ4v) is 3.65. The van der Waals surface area contributed by atoms with E-state index in [9.17, 15) is 14.3 Å². The molecule has 0 spiro atoms. The zero-order chi connectivity index (χ0) is 20.9. The molecule has 1 aliphatic heterocycles. The third-order valence-electron chi connectivity index (χ3n) is 4.23. The van der Waals surface area contributed by atoms with Gasteiger partial charge in [-0.2, -0.15) is 5.10 Å². The number of benzene rings is 2. The third-order valence-corrected chi connectivity index (χ3v) is 5.22. The predicted octanol–water partition coefficient (Wildman–Crippen LogP) is 4.63. The standard InChI is InChI=1S/C22H16FN3O3S/c23-17-9-7-15(8-10-17)13-24-25-22-26(14-18-5-3-11-29-18)21(28)20(30-22)12-16-4-1-2-6-19(16)27/h1-13,27H,14H2/b20-12-,24-13-,25-22+. The van der Waals surface area contributed by atoms with Crippen LogP contribution < -0.4 is 0 Å². The van der Waals surface area contributed by atoms with Gasteiger partial charge in [-0.3, -0.25) is 9.69 Å². The van der Waals surface area contributed by atoms with Crippen LogP contribution in [0.2, 0.25) is 0 Å². The topological polar surface area (TPSA) is 78.4 Å². The Morgan fingerprint density at radius 2 is 1.90 bits per heavy atom. The van der Waals surface area contributed by atoms with Crippen LogP contribution in [0.5, 0.6) is 5.75 Å². The fourth-order valence-electron chi connectivity index (χ4n) is 2.72. The quantitative estimate of drug-likeness (QED) is 0.370. The summed E-state index contributed by atoms with van der Waals surface area (Å²) in [5.74, 6) is 0.0769. The summed E-state index contributed by atoms with van der Waals surface area (Å²) in [4.78, 5) is 14.8. The predicted molar refractivity (Wildman–Crippen MR) is 114 cm³/mol. The second kappa shape index (κ2) is 8.79. The first-order chi connectivity index (χ1) is 14.6. The number of phenolic OH excluding ortho intramolecular Hbond substituents is 1. The molecule has 0 saturated carbocycles. The molecule has 0 aliphatic carbocycles. The van der Waals surface area contributed by atoms with Gasteiger partial charge in [-0.15, -0.1) is 5.10 Å². The Kier molecular flexibility index (Phi) is 5.76. The smallest absolute Gasteiger partial charge is 0.267 e. The van der Waals surface area contributed by atoms with Gasteiger partial charge in [0, 0.05) is 5.56 Å². The number of para-hydroxylation sites is 1. The van der Waals surface area contributed by atoms with Crippen LogP contribution in [0.15, 0.2) is 86.5 Å². The average Bonchev–Trinajstić information content (AvgIpc) is 3.35. The second-order valence-corrected chi connectivity index (χ2v) is 7.33. The summed E-state index contributed by atoms with van der Waals surface area (Å²) >= 11 is 1.15. The molecule has 0 unspecified atom stereocenters. The van der Waals surface area contributed by atoms with Gasteiger partial charge in [0.25, 0.3) is 5.91 Å². The molecule has 1 aliphatic rings. The number of amides is 1. The maximum Gasteiger partial charge on any atom is 0.267 e. The molecule has 3 aromatic rings. The Balaban J connectivity index is 1.63. The van der Waals surface area contributed by atoms with Crippen molar-refractivity contribution in [2.75, 3.05) is 0 Å². The van der Waals surface area contributed by atoms with Crippen molar-refractivity contribution < 1.29 is 18.7 Å². The van der Waals surface area contributed by atoms with Crippen LogP contribution in [0.3, 0.4) is 0 Å². The molecule has 4 rings (SSSR count). The zero-order valence-electron chi connectivity index (χ0n) is 15.6. The average molecular weight is 421 g/mol. The van der Waals surface area contributed by atoms with Gasteiger partial charge < -0.3 is 9.52 Å². The van der Waals surface area contributed by atoms with Gasteiger partial charge in [-0.1, -0.05) is 30.3 Å². The minimum atomic E-state index is -0.334. The number of aromatic hydroxyl groups is 1. The van der Waals surface area contributed by atoms with E-state index < -0.39 is 0 Å². The number of hydrogen-bond acceptors (Lipinski definition) is 6. The molecule has 0 radical (unpaired) electrons. The molecular formula is C22H16FN3O3S. The molecule has 30 heavy (non-hydrogen) atoms. The number of carbonyl (C=O) groups is 1. The van der Waals surface area contributed by atoms with Crippen LogP contribution in [-0.2, 0) is 11.3 Å². The molecule has 2 heterocycles. The Bertz CT molecular complexity index is 1140. The number of halogens is 1. The number of hydrogen-bond donors (Lipinski definition) is 1. The minimum absolute atomic E-state index is 0.0794. The number of carbonyl (C=O) groups excluding carboxylic acids is 1. The van der Waals surface area contributed by atoms with Crippen molar-refractivity contribution >= 4 is 35.1 Å². The maximum atomic E-state index is 13.0. The zero-order valence-corrected chi connectivity index (χ0v) is 16.4. The van der Waals surface area contributed by atoms with Crippen molar-refractivity contribution in [3.05, 3.63) is 94.5 Å². The summed E-state index contributed by atoms with van der Waals surface area (Å²) in [5.41, 5.74) is 1.21. The molecule has 1 saturated heterocycles. The van der Waals surface area contributed by atoms with Crippen molar-refractivity contribution in [2.24, 2.45) is 10.2 Å². The lowest BCUT2D eigenvalue weighted by atomic mass is 10.2. The van der Waals surface area contributed by atoms with Crippen molar-refractivity contribution in [3.8, 4) is 5.75 Å². The van der Waals surface area contributed by atoms with Gasteiger partial charge in [0.1, 0.15) is 17.3 Å². The van der Waals surface area contributed by atoms with Gasteiger partial charge in [0.15, 0.2) is 5.17 Å². The van der Waals surface area contributed by atoms with Crippen LogP contribution in [0.1, 0.15) is 16.9 Å².